The number of hydrogen-bond donors (Lipinski definition) is 1. The van der Waals surface area contributed by atoms with E-state index in [4.69, 9.17) is 32.4 Å². The van der Waals surface area contributed by atoms with Gasteiger partial charge in [-0.05, 0) is 43.4 Å². The van der Waals surface area contributed by atoms with Gasteiger partial charge in [0, 0.05) is 22.2 Å². The number of halogens is 2. The van der Waals surface area contributed by atoms with Crippen LogP contribution >= 0.6 is 23.2 Å². The topological polar surface area (TPSA) is 64.4 Å². The van der Waals surface area contributed by atoms with Crippen molar-refractivity contribution in [2.45, 2.75) is 0 Å². The molecule has 0 aliphatic rings. The summed E-state index contributed by atoms with van der Waals surface area (Å²) in [5.41, 5.74) is 2.20. The molecule has 1 N–H and O–H groups in total. The van der Waals surface area contributed by atoms with E-state index >= 15 is 0 Å². The molecule has 1 heterocycles. The molecule has 3 aromatic rings. The van der Waals surface area contributed by atoms with Gasteiger partial charge in [-0.15, -0.1) is 0 Å². The zero-order valence-electron chi connectivity index (χ0n) is 12.8. The maximum absolute atomic E-state index is 12.0. The monoisotopic (exact) mass is 364 g/mol. The quantitative estimate of drug-likeness (QED) is 0.543. The first-order chi connectivity index (χ1) is 11.6. The third kappa shape index (κ3) is 3.70. The highest BCUT2D eigenvalue weighted by molar-refractivity contribution is 6.35. The second-order valence-electron chi connectivity index (χ2n) is 5.10. The Labute approximate surface area is 148 Å². The Morgan fingerprint density at radius 1 is 1.21 bits per heavy atom. The molecule has 0 saturated heterocycles. The molecule has 0 radical (unpaired) electrons. The average molecular weight is 365 g/mol. The van der Waals surface area contributed by atoms with Crippen LogP contribution in [-0.4, -0.2) is 31.2 Å². The first kappa shape index (κ1) is 16.8. The van der Waals surface area contributed by atoms with Gasteiger partial charge in [-0.1, -0.05) is 23.2 Å². The third-order valence-corrected chi connectivity index (χ3v) is 3.76. The Kier molecular flexibility index (Phi) is 5.04. The summed E-state index contributed by atoms with van der Waals surface area (Å²) in [6.45, 7) is 0.895. The fourth-order valence-electron chi connectivity index (χ4n) is 2.18. The van der Waals surface area contributed by atoms with Crippen LogP contribution in [-0.2, 0) is 4.74 Å². The molecule has 124 valence electrons. The van der Waals surface area contributed by atoms with E-state index in [0.717, 1.165) is 0 Å². The van der Waals surface area contributed by atoms with Crippen molar-refractivity contribution in [2.24, 2.45) is 0 Å². The van der Waals surface area contributed by atoms with Crippen LogP contribution in [0.2, 0.25) is 10.0 Å². The summed E-state index contributed by atoms with van der Waals surface area (Å²) in [6.07, 6.45) is 0. The summed E-state index contributed by atoms with van der Waals surface area (Å²) in [4.78, 5) is 16.4. The first-order valence-electron chi connectivity index (χ1n) is 7.25. The van der Waals surface area contributed by atoms with Gasteiger partial charge in [0.1, 0.15) is 12.1 Å². The van der Waals surface area contributed by atoms with Crippen molar-refractivity contribution < 1.29 is 13.9 Å². The van der Waals surface area contributed by atoms with Gasteiger partial charge in [0.15, 0.2) is 5.58 Å². The van der Waals surface area contributed by atoms with E-state index in [0.29, 0.717) is 51.3 Å². The number of carbonyl (C=O) groups excluding carboxylic acids is 1. The summed E-state index contributed by atoms with van der Waals surface area (Å²) >= 11 is 12.0. The van der Waals surface area contributed by atoms with Crippen molar-refractivity contribution in [1.29, 1.82) is 0 Å². The fraction of sp³-hybridized carbons (Fsp3) is 0.176. The normalized spacial score (nSPS) is 11.0. The third-order valence-electron chi connectivity index (χ3n) is 3.32. The highest BCUT2D eigenvalue weighted by Gasteiger charge is 2.13. The van der Waals surface area contributed by atoms with Gasteiger partial charge in [-0.3, -0.25) is 0 Å². The number of benzene rings is 2. The predicted octanol–water partition coefficient (Wildman–Crippen LogP) is 4.18. The van der Waals surface area contributed by atoms with Gasteiger partial charge in [0.05, 0.1) is 5.56 Å². The van der Waals surface area contributed by atoms with E-state index in [-0.39, 0.29) is 0 Å². The van der Waals surface area contributed by atoms with Crippen LogP contribution in [0.5, 0.6) is 0 Å². The molecule has 0 fully saturated rings. The van der Waals surface area contributed by atoms with Crippen molar-refractivity contribution >= 4 is 40.3 Å². The number of nitrogens with one attached hydrogen (secondary N) is 1. The molecule has 0 amide bonds. The molecule has 0 unspecified atom stereocenters. The Morgan fingerprint density at radius 3 is 2.67 bits per heavy atom. The van der Waals surface area contributed by atoms with Crippen LogP contribution < -0.4 is 5.32 Å². The molecule has 7 heteroatoms. The molecule has 0 aliphatic carbocycles. The number of likely N-dealkylation sites (N-methyl/N-ethyl adjacent to an activating group) is 1. The van der Waals surface area contributed by atoms with Crippen molar-refractivity contribution in [2.75, 3.05) is 20.2 Å². The maximum Gasteiger partial charge on any atom is 0.338 e. The summed E-state index contributed by atoms with van der Waals surface area (Å²) < 4.78 is 10.9. The molecule has 3 rings (SSSR count). The molecule has 0 aliphatic heterocycles. The zero-order valence-corrected chi connectivity index (χ0v) is 14.3. The van der Waals surface area contributed by atoms with Crippen molar-refractivity contribution in [1.82, 2.24) is 10.3 Å². The highest BCUT2D eigenvalue weighted by Crippen LogP contribution is 2.29. The van der Waals surface area contributed by atoms with Crippen LogP contribution in [0.3, 0.4) is 0 Å². The van der Waals surface area contributed by atoms with Crippen molar-refractivity contribution in [3.8, 4) is 11.5 Å². The summed E-state index contributed by atoms with van der Waals surface area (Å²) in [7, 11) is 1.79. The molecular weight excluding hydrogens is 351 g/mol. The lowest BCUT2D eigenvalue weighted by atomic mass is 10.2. The number of hydrogen-bond acceptors (Lipinski definition) is 5. The molecule has 0 atom stereocenters. The number of oxazole rings is 1. The number of esters is 1. The van der Waals surface area contributed by atoms with Crippen LogP contribution in [0.15, 0.2) is 40.8 Å². The number of carbonyl (C=O) groups is 1. The van der Waals surface area contributed by atoms with E-state index in [1.807, 2.05) is 0 Å². The first-order valence-corrected chi connectivity index (χ1v) is 8.01. The van der Waals surface area contributed by atoms with Gasteiger partial charge < -0.3 is 14.5 Å². The van der Waals surface area contributed by atoms with Gasteiger partial charge in [0.25, 0.3) is 0 Å². The Balaban J connectivity index is 1.90. The van der Waals surface area contributed by atoms with E-state index in [1.165, 1.54) is 0 Å². The van der Waals surface area contributed by atoms with Crippen molar-refractivity contribution in [3.05, 3.63) is 52.0 Å². The molecule has 0 saturated carbocycles. The Morgan fingerprint density at radius 2 is 1.96 bits per heavy atom. The molecule has 0 spiro atoms. The SMILES string of the molecule is CNCCOC(=O)c1ccc2nc(-c3cc(Cl)cc(Cl)c3)oc2c1. The number of nitrogens with zero attached hydrogens (tertiary/aromatic N) is 1. The van der Waals surface area contributed by atoms with E-state index in [9.17, 15) is 4.79 Å². The highest BCUT2D eigenvalue weighted by atomic mass is 35.5. The Hall–Kier alpha value is -2.08. The van der Waals surface area contributed by atoms with Gasteiger partial charge in [-0.2, -0.15) is 0 Å². The van der Waals surface area contributed by atoms with E-state index in [1.54, 1.807) is 43.4 Å². The Bertz CT molecular complexity index is 872. The number of rotatable bonds is 5. The molecule has 5 nitrogen and oxygen atoms in total. The maximum atomic E-state index is 12.0. The smallest absolute Gasteiger partial charge is 0.338 e. The van der Waals surface area contributed by atoms with Gasteiger partial charge in [-0.25, -0.2) is 9.78 Å². The summed E-state index contributed by atoms with van der Waals surface area (Å²) in [5.74, 6) is -0.0222. The zero-order chi connectivity index (χ0) is 17.1. The largest absolute Gasteiger partial charge is 0.461 e. The molecule has 2 aromatic carbocycles. The van der Waals surface area contributed by atoms with Crippen LogP contribution in [0.25, 0.3) is 22.6 Å². The van der Waals surface area contributed by atoms with Crippen LogP contribution in [0.4, 0.5) is 0 Å². The second kappa shape index (κ2) is 7.21. The fourth-order valence-corrected chi connectivity index (χ4v) is 2.71. The lowest BCUT2D eigenvalue weighted by Crippen LogP contribution is -2.17. The second-order valence-corrected chi connectivity index (χ2v) is 5.97. The van der Waals surface area contributed by atoms with E-state index < -0.39 is 5.97 Å². The van der Waals surface area contributed by atoms with Crippen LogP contribution in [0, 0.1) is 0 Å². The lowest BCUT2D eigenvalue weighted by molar-refractivity contribution is 0.0510. The summed E-state index contributed by atoms with van der Waals surface area (Å²) in [5, 5.41) is 3.90. The van der Waals surface area contributed by atoms with Crippen LogP contribution in [0.1, 0.15) is 10.4 Å². The lowest BCUT2D eigenvalue weighted by Gasteiger charge is -2.03. The number of fused-ring (bicyclic) bond motifs is 1. The minimum absolute atomic E-state index is 0.302. The number of ether oxygens (including phenoxy) is 1. The van der Waals surface area contributed by atoms with Crippen molar-refractivity contribution in [3.63, 3.8) is 0 Å². The standard InChI is InChI=1S/C17H14Cl2N2O3/c1-20-4-5-23-17(22)10-2-3-14-15(8-10)24-16(21-14)11-6-12(18)9-13(19)7-11/h2-3,6-9,20H,4-5H2,1H3. The molecule has 0 bridgehead atoms. The average Bonchev–Trinajstić information content (AvgIpc) is 2.97. The minimum Gasteiger partial charge on any atom is -0.461 e. The predicted molar refractivity (Wildman–Crippen MR) is 93.7 cm³/mol. The van der Waals surface area contributed by atoms with Gasteiger partial charge >= 0.3 is 5.97 Å². The summed E-state index contributed by atoms with van der Waals surface area (Å²) in [6, 6.07) is 10.0. The van der Waals surface area contributed by atoms with Gasteiger partial charge in [0.2, 0.25) is 5.89 Å². The van der Waals surface area contributed by atoms with E-state index in [2.05, 4.69) is 10.3 Å². The molecule has 1 aromatic heterocycles. The molecule has 24 heavy (non-hydrogen) atoms. The minimum atomic E-state index is -0.407. The number of aromatic nitrogens is 1. The molecular formula is C17H14Cl2N2O3.